The van der Waals surface area contributed by atoms with Crippen molar-refractivity contribution in [2.75, 3.05) is 11.5 Å². The number of thioether (sulfide) groups is 1. The molecule has 0 spiro atoms. The Bertz CT molecular complexity index is 723. The third-order valence-electron chi connectivity index (χ3n) is 3.71. The van der Waals surface area contributed by atoms with Crippen LogP contribution >= 0.6 is 11.8 Å². The number of nitrogens with zero attached hydrogens (tertiary/aromatic N) is 1. The molecule has 116 valence electrons. The molecule has 0 saturated carbocycles. The Kier molecular flexibility index (Phi) is 5.43. The fraction of sp³-hybridized carbons (Fsp3) is 0.200. The van der Waals surface area contributed by atoms with E-state index in [1.807, 2.05) is 30.4 Å². The lowest BCUT2D eigenvalue weighted by atomic mass is 10.00. The Morgan fingerprint density at radius 1 is 1.09 bits per heavy atom. The molecular formula is C20H19NOS. The number of aromatic nitrogens is 1. The van der Waals surface area contributed by atoms with E-state index < -0.39 is 0 Å². The maximum Gasteiger partial charge on any atom is 0.186 e. The fourth-order valence-corrected chi connectivity index (χ4v) is 3.52. The van der Waals surface area contributed by atoms with Crippen LogP contribution in [0.15, 0.2) is 77.7 Å². The number of Topliss-reactive ketones (excluding diaryl/α,β-unsaturated/α-hetero) is 1. The van der Waals surface area contributed by atoms with Crippen LogP contribution in [0.3, 0.4) is 0 Å². The van der Waals surface area contributed by atoms with E-state index in [4.69, 9.17) is 0 Å². The normalized spacial score (nSPS) is 22.1. The number of rotatable bonds is 2. The lowest BCUT2D eigenvalue weighted by Gasteiger charge is -2.16. The average molecular weight is 321 g/mol. The molecule has 0 aromatic carbocycles. The molecule has 1 aromatic rings. The molecule has 2 aliphatic rings. The molecule has 0 bridgehead atoms. The van der Waals surface area contributed by atoms with E-state index in [0.29, 0.717) is 0 Å². The van der Waals surface area contributed by atoms with Crippen molar-refractivity contribution in [3.8, 4) is 0 Å². The van der Waals surface area contributed by atoms with Crippen LogP contribution in [0.5, 0.6) is 0 Å². The van der Waals surface area contributed by atoms with E-state index in [1.165, 1.54) is 0 Å². The maximum absolute atomic E-state index is 12.7. The summed E-state index contributed by atoms with van der Waals surface area (Å²) >= 11 is 1.79. The Morgan fingerprint density at radius 2 is 1.96 bits per heavy atom. The highest BCUT2D eigenvalue weighted by atomic mass is 32.2. The van der Waals surface area contributed by atoms with Crippen molar-refractivity contribution >= 4 is 23.6 Å². The predicted molar refractivity (Wildman–Crippen MR) is 98.2 cm³/mol. The van der Waals surface area contributed by atoms with Crippen LogP contribution in [0.4, 0.5) is 0 Å². The number of ketones is 1. The number of carbonyl (C=O) groups is 1. The van der Waals surface area contributed by atoms with Gasteiger partial charge in [0.2, 0.25) is 0 Å². The summed E-state index contributed by atoms with van der Waals surface area (Å²) in [6, 6.07) is 3.86. The molecule has 1 aromatic heterocycles. The van der Waals surface area contributed by atoms with Crippen LogP contribution in [0.2, 0.25) is 0 Å². The summed E-state index contributed by atoms with van der Waals surface area (Å²) in [7, 11) is 0. The summed E-state index contributed by atoms with van der Waals surface area (Å²) in [5.74, 6) is 1.71. The van der Waals surface area contributed by atoms with Crippen LogP contribution in [0, 0.1) is 0 Å². The molecule has 2 heterocycles. The van der Waals surface area contributed by atoms with Gasteiger partial charge in [-0.15, -0.1) is 0 Å². The molecule has 0 radical (unpaired) electrons. The molecule has 3 heteroatoms. The van der Waals surface area contributed by atoms with Crippen LogP contribution in [0.25, 0.3) is 6.08 Å². The lowest BCUT2D eigenvalue weighted by Crippen LogP contribution is -2.16. The Balaban J connectivity index is 1.83. The standard InChI is InChI=1S/C20H19NOS/c22-20-18(11-16-7-4-2-1-3-5-8-16)14-23-15-19(20)12-17-9-6-10-21-13-17/h1-2,4,6-13H,3,5,14-15H2. The molecule has 1 aliphatic heterocycles. The fourth-order valence-electron chi connectivity index (χ4n) is 2.55. The van der Waals surface area contributed by atoms with Gasteiger partial charge in [-0.2, -0.15) is 11.8 Å². The summed E-state index contributed by atoms with van der Waals surface area (Å²) in [6.45, 7) is 0. The third-order valence-corrected chi connectivity index (χ3v) is 4.74. The Labute approximate surface area is 141 Å². The topological polar surface area (TPSA) is 30.0 Å². The highest BCUT2D eigenvalue weighted by Gasteiger charge is 2.20. The molecule has 0 atom stereocenters. The summed E-state index contributed by atoms with van der Waals surface area (Å²) in [6.07, 6.45) is 20.1. The first kappa shape index (κ1) is 15.8. The van der Waals surface area contributed by atoms with E-state index in [0.717, 1.165) is 46.6 Å². The van der Waals surface area contributed by atoms with Gasteiger partial charge in [-0.1, -0.05) is 36.4 Å². The first-order valence-electron chi connectivity index (χ1n) is 7.80. The second-order valence-electron chi connectivity index (χ2n) is 5.52. The van der Waals surface area contributed by atoms with Crippen LogP contribution in [0.1, 0.15) is 18.4 Å². The van der Waals surface area contributed by atoms with E-state index in [9.17, 15) is 4.79 Å². The van der Waals surface area contributed by atoms with Gasteiger partial charge in [0.15, 0.2) is 5.78 Å². The minimum atomic E-state index is 0.166. The van der Waals surface area contributed by atoms with Crippen molar-refractivity contribution in [3.63, 3.8) is 0 Å². The van der Waals surface area contributed by atoms with Crippen molar-refractivity contribution in [2.45, 2.75) is 12.8 Å². The van der Waals surface area contributed by atoms with Crippen molar-refractivity contribution in [2.24, 2.45) is 0 Å². The number of allylic oxidation sites excluding steroid dienone is 7. The minimum absolute atomic E-state index is 0.166. The summed E-state index contributed by atoms with van der Waals surface area (Å²) in [5.41, 5.74) is 3.85. The van der Waals surface area contributed by atoms with Gasteiger partial charge in [-0.3, -0.25) is 9.78 Å². The maximum atomic E-state index is 12.7. The number of carbonyl (C=O) groups excluding carboxylic acids is 1. The molecule has 1 aliphatic carbocycles. The van der Waals surface area contributed by atoms with Crippen LogP contribution in [-0.4, -0.2) is 22.3 Å². The van der Waals surface area contributed by atoms with Gasteiger partial charge in [0, 0.05) is 35.0 Å². The Morgan fingerprint density at radius 3 is 2.78 bits per heavy atom. The summed E-state index contributed by atoms with van der Waals surface area (Å²) < 4.78 is 0. The lowest BCUT2D eigenvalue weighted by molar-refractivity contribution is -0.112. The van der Waals surface area contributed by atoms with Crippen LogP contribution < -0.4 is 0 Å². The largest absolute Gasteiger partial charge is 0.289 e. The first-order chi connectivity index (χ1) is 11.3. The number of pyridine rings is 1. The first-order valence-corrected chi connectivity index (χ1v) is 8.95. The average Bonchev–Trinajstić information content (AvgIpc) is 2.54. The molecule has 1 fully saturated rings. The minimum Gasteiger partial charge on any atom is -0.289 e. The molecule has 23 heavy (non-hydrogen) atoms. The van der Waals surface area contributed by atoms with Crippen molar-refractivity contribution in [1.29, 1.82) is 0 Å². The number of hydrogen-bond donors (Lipinski definition) is 0. The third kappa shape index (κ3) is 4.42. The van der Waals surface area contributed by atoms with Gasteiger partial charge in [0.05, 0.1) is 0 Å². The highest BCUT2D eigenvalue weighted by Crippen LogP contribution is 2.26. The van der Waals surface area contributed by atoms with E-state index in [-0.39, 0.29) is 5.78 Å². The number of hydrogen-bond acceptors (Lipinski definition) is 3. The van der Waals surface area contributed by atoms with Gasteiger partial charge in [0.25, 0.3) is 0 Å². The molecular weight excluding hydrogens is 302 g/mol. The predicted octanol–water partition coefficient (Wildman–Crippen LogP) is 4.54. The van der Waals surface area contributed by atoms with Crippen molar-refractivity contribution in [1.82, 2.24) is 4.98 Å². The second-order valence-corrected chi connectivity index (χ2v) is 6.50. The SMILES string of the molecule is O=C1C(=CC2=CCCC=CC=C2)CSCC1=Cc1cccnc1. The molecule has 1 saturated heterocycles. The van der Waals surface area contributed by atoms with E-state index in [2.05, 4.69) is 29.3 Å². The van der Waals surface area contributed by atoms with Gasteiger partial charge in [0.1, 0.15) is 0 Å². The molecule has 0 amide bonds. The molecule has 2 nitrogen and oxygen atoms in total. The molecule has 3 rings (SSSR count). The summed E-state index contributed by atoms with van der Waals surface area (Å²) in [5, 5.41) is 0. The summed E-state index contributed by atoms with van der Waals surface area (Å²) in [4.78, 5) is 16.8. The second kappa shape index (κ2) is 7.93. The highest BCUT2D eigenvalue weighted by molar-refractivity contribution is 7.99. The van der Waals surface area contributed by atoms with E-state index in [1.54, 1.807) is 24.2 Å². The van der Waals surface area contributed by atoms with Gasteiger partial charge < -0.3 is 0 Å². The van der Waals surface area contributed by atoms with Gasteiger partial charge >= 0.3 is 0 Å². The monoisotopic (exact) mass is 321 g/mol. The molecule has 0 unspecified atom stereocenters. The van der Waals surface area contributed by atoms with Crippen molar-refractivity contribution in [3.05, 3.63) is 83.3 Å². The van der Waals surface area contributed by atoms with Crippen molar-refractivity contribution < 1.29 is 4.79 Å². The van der Waals surface area contributed by atoms with E-state index >= 15 is 0 Å². The quantitative estimate of drug-likeness (QED) is 0.749. The zero-order valence-corrected chi connectivity index (χ0v) is 13.8. The Hall–Kier alpha value is -2.13. The van der Waals surface area contributed by atoms with Gasteiger partial charge in [-0.05, 0) is 42.2 Å². The zero-order chi connectivity index (χ0) is 15.9. The van der Waals surface area contributed by atoms with Crippen LogP contribution in [-0.2, 0) is 4.79 Å². The van der Waals surface area contributed by atoms with Gasteiger partial charge in [-0.25, -0.2) is 0 Å². The smallest absolute Gasteiger partial charge is 0.186 e. The molecule has 0 N–H and O–H groups in total. The zero-order valence-electron chi connectivity index (χ0n) is 12.9.